The first-order chi connectivity index (χ1) is 12.1. The molecule has 0 N–H and O–H groups in total. The monoisotopic (exact) mass is 336 g/mol. The van der Waals surface area contributed by atoms with Crippen LogP contribution in [0.3, 0.4) is 0 Å². The van der Waals surface area contributed by atoms with Crippen molar-refractivity contribution in [1.29, 1.82) is 0 Å². The van der Waals surface area contributed by atoms with Gasteiger partial charge in [-0.2, -0.15) is 0 Å². The number of carbonyl (C=O) groups excluding carboxylic acids is 1. The maximum atomic E-state index is 12.7. The van der Waals surface area contributed by atoms with Crippen LogP contribution in [0.25, 0.3) is 0 Å². The predicted molar refractivity (Wildman–Crippen MR) is 101 cm³/mol. The van der Waals surface area contributed by atoms with Gasteiger partial charge < -0.3 is 0 Å². The largest absolute Gasteiger partial charge is 0.292 e. The Kier molecular flexibility index (Phi) is 5.95. The molecular formula is C22H28N2O. The van der Waals surface area contributed by atoms with Crippen molar-refractivity contribution in [2.24, 2.45) is 11.8 Å². The summed E-state index contributed by atoms with van der Waals surface area (Å²) in [6.45, 7) is 4.15. The number of hydrogen-bond donors (Lipinski definition) is 0. The average molecular weight is 336 g/mol. The number of nitrogens with zero attached hydrogens (tertiary/aromatic N) is 2. The van der Waals surface area contributed by atoms with Crippen molar-refractivity contribution < 1.29 is 4.79 Å². The van der Waals surface area contributed by atoms with E-state index in [1.807, 2.05) is 19.2 Å². The molecule has 0 bridgehead atoms. The third kappa shape index (κ3) is 4.75. The summed E-state index contributed by atoms with van der Waals surface area (Å²) in [6, 6.07) is 10.5. The van der Waals surface area contributed by atoms with E-state index in [4.69, 9.17) is 0 Å². The minimum atomic E-state index is 0.184. The van der Waals surface area contributed by atoms with Crippen molar-refractivity contribution in [2.45, 2.75) is 58.8 Å². The van der Waals surface area contributed by atoms with Crippen molar-refractivity contribution in [1.82, 2.24) is 9.97 Å². The molecule has 25 heavy (non-hydrogen) atoms. The number of aromatic nitrogens is 2. The van der Waals surface area contributed by atoms with Gasteiger partial charge in [-0.3, -0.25) is 4.79 Å². The van der Waals surface area contributed by atoms with Gasteiger partial charge in [0.1, 0.15) is 11.5 Å². The Morgan fingerprint density at radius 2 is 1.96 bits per heavy atom. The molecule has 2 aromatic rings. The molecule has 0 spiro atoms. The van der Waals surface area contributed by atoms with Gasteiger partial charge in [0.25, 0.3) is 0 Å². The number of hydrogen-bond acceptors (Lipinski definition) is 3. The molecule has 1 saturated carbocycles. The molecule has 0 aliphatic heterocycles. The highest BCUT2D eigenvalue weighted by Gasteiger charge is 2.26. The Labute approximate surface area is 150 Å². The minimum Gasteiger partial charge on any atom is -0.292 e. The second-order valence-electron chi connectivity index (χ2n) is 7.45. The van der Waals surface area contributed by atoms with E-state index >= 15 is 0 Å². The van der Waals surface area contributed by atoms with Gasteiger partial charge in [0, 0.05) is 19.0 Å². The fourth-order valence-electron chi connectivity index (χ4n) is 3.54. The molecule has 1 aromatic heterocycles. The van der Waals surface area contributed by atoms with Crippen LogP contribution < -0.4 is 0 Å². The Morgan fingerprint density at radius 1 is 1.20 bits per heavy atom. The quantitative estimate of drug-likeness (QED) is 0.639. The fourth-order valence-corrected chi connectivity index (χ4v) is 3.54. The molecule has 0 radical (unpaired) electrons. The van der Waals surface area contributed by atoms with Crippen molar-refractivity contribution in [3.05, 3.63) is 59.2 Å². The van der Waals surface area contributed by atoms with E-state index in [0.29, 0.717) is 18.0 Å². The summed E-state index contributed by atoms with van der Waals surface area (Å²) in [4.78, 5) is 21.7. The molecule has 3 heteroatoms. The van der Waals surface area contributed by atoms with Gasteiger partial charge in [-0.15, -0.1) is 0 Å². The topological polar surface area (TPSA) is 42.9 Å². The summed E-state index contributed by atoms with van der Waals surface area (Å²) >= 11 is 0. The lowest BCUT2D eigenvalue weighted by Gasteiger charge is -2.31. The lowest BCUT2D eigenvalue weighted by atomic mass is 9.74. The number of ketones is 1. The summed E-state index contributed by atoms with van der Waals surface area (Å²) in [5.74, 6) is 2.18. The Hall–Kier alpha value is -2.03. The maximum absolute atomic E-state index is 12.7. The molecule has 1 fully saturated rings. The molecule has 0 saturated heterocycles. The van der Waals surface area contributed by atoms with E-state index in [2.05, 4.69) is 41.2 Å². The second-order valence-corrected chi connectivity index (χ2v) is 7.45. The fraction of sp³-hybridized carbons (Fsp3) is 0.500. The SMILES string of the molecule is Cc1cnc(CCCc2ccccc2)nc1C(=O)CC(C)C1CCC1. The highest BCUT2D eigenvalue weighted by Crippen LogP contribution is 2.35. The predicted octanol–water partition coefficient (Wildman–Crippen LogP) is 4.97. The van der Waals surface area contributed by atoms with E-state index in [0.717, 1.165) is 36.6 Å². The first-order valence-corrected chi connectivity index (χ1v) is 9.53. The Bertz CT molecular complexity index is 707. The van der Waals surface area contributed by atoms with Crippen LogP contribution in [-0.2, 0) is 12.8 Å². The summed E-state index contributed by atoms with van der Waals surface area (Å²) < 4.78 is 0. The smallest absolute Gasteiger partial charge is 0.181 e. The van der Waals surface area contributed by atoms with Crippen molar-refractivity contribution in [3.8, 4) is 0 Å². The second kappa shape index (κ2) is 8.37. The van der Waals surface area contributed by atoms with Crippen LogP contribution in [0.1, 0.15) is 66.5 Å². The maximum Gasteiger partial charge on any atom is 0.181 e. The van der Waals surface area contributed by atoms with Gasteiger partial charge >= 0.3 is 0 Å². The van der Waals surface area contributed by atoms with E-state index in [-0.39, 0.29) is 5.78 Å². The first kappa shape index (κ1) is 17.8. The Morgan fingerprint density at radius 3 is 2.64 bits per heavy atom. The normalized spacial score (nSPS) is 15.6. The van der Waals surface area contributed by atoms with Gasteiger partial charge in [0.15, 0.2) is 5.78 Å². The standard InChI is InChI=1S/C22H28N2O/c1-16(19-11-7-12-19)14-20(25)22-17(2)15-23-21(24-22)13-6-10-18-8-4-3-5-9-18/h3-5,8-9,15-16,19H,6-7,10-14H2,1-2H3. The highest BCUT2D eigenvalue weighted by atomic mass is 16.1. The van der Waals surface area contributed by atoms with Crippen LogP contribution in [0, 0.1) is 18.8 Å². The van der Waals surface area contributed by atoms with Crippen molar-refractivity contribution in [3.63, 3.8) is 0 Å². The zero-order valence-corrected chi connectivity index (χ0v) is 15.4. The van der Waals surface area contributed by atoms with Crippen LogP contribution in [-0.4, -0.2) is 15.8 Å². The minimum absolute atomic E-state index is 0.184. The van der Waals surface area contributed by atoms with Crippen LogP contribution in [0.15, 0.2) is 36.5 Å². The number of carbonyl (C=O) groups is 1. The molecule has 1 atom stereocenters. The summed E-state index contributed by atoms with van der Waals surface area (Å²) in [5.41, 5.74) is 2.87. The van der Waals surface area contributed by atoms with E-state index < -0.39 is 0 Å². The van der Waals surface area contributed by atoms with Crippen molar-refractivity contribution in [2.75, 3.05) is 0 Å². The number of benzene rings is 1. The zero-order chi connectivity index (χ0) is 17.6. The first-order valence-electron chi connectivity index (χ1n) is 9.53. The van der Waals surface area contributed by atoms with Gasteiger partial charge in [-0.05, 0) is 42.7 Å². The van der Waals surface area contributed by atoms with Crippen molar-refractivity contribution >= 4 is 5.78 Å². The highest BCUT2D eigenvalue weighted by molar-refractivity contribution is 5.95. The molecule has 1 aliphatic carbocycles. The van der Waals surface area contributed by atoms with E-state index in [9.17, 15) is 4.79 Å². The lowest BCUT2D eigenvalue weighted by molar-refractivity contribution is 0.0919. The molecule has 1 aliphatic rings. The van der Waals surface area contributed by atoms with Gasteiger partial charge in [0.05, 0.1) is 0 Å². The molecule has 1 heterocycles. The third-order valence-corrected chi connectivity index (χ3v) is 5.46. The lowest BCUT2D eigenvalue weighted by Crippen LogP contribution is -2.23. The van der Waals surface area contributed by atoms with Gasteiger partial charge in [-0.1, -0.05) is 56.5 Å². The summed E-state index contributed by atoms with van der Waals surface area (Å²) in [6.07, 6.45) is 9.14. The van der Waals surface area contributed by atoms with Crippen LogP contribution in [0.2, 0.25) is 0 Å². The molecule has 3 rings (SSSR count). The Balaban J connectivity index is 1.58. The van der Waals surface area contributed by atoms with Crippen LogP contribution in [0.4, 0.5) is 0 Å². The molecule has 132 valence electrons. The molecular weight excluding hydrogens is 308 g/mol. The van der Waals surface area contributed by atoms with E-state index in [1.165, 1.54) is 24.8 Å². The van der Waals surface area contributed by atoms with Crippen LogP contribution in [0.5, 0.6) is 0 Å². The molecule has 0 amide bonds. The third-order valence-electron chi connectivity index (χ3n) is 5.46. The molecule has 1 aromatic carbocycles. The zero-order valence-electron chi connectivity index (χ0n) is 15.4. The van der Waals surface area contributed by atoms with Gasteiger partial charge in [-0.25, -0.2) is 9.97 Å². The number of aryl methyl sites for hydroxylation is 3. The van der Waals surface area contributed by atoms with E-state index in [1.54, 1.807) is 0 Å². The van der Waals surface area contributed by atoms with Gasteiger partial charge in [0.2, 0.25) is 0 Å². The van der Waals surface area contributed by atoms with Crippen LogP contribution >= 0.6 is 0 Å². The average Bonchev–Trinajstić information content (AvgIpc) is 2.55. The summed E-state index contributed by atoms with van der Waals surface area (Å²) in [7, 11) is 0. The molecule has 3 nitrogen and oxygen atoms in total. The number of rotatable bonds is 8. The molecule has 1 unspecified atom stereocenters. The summed E-state index contributed by atoms with van der Waals surface area (Å²) in [5, 5.41) is 0. The number of Topliss-reactive ketones (excluding diaryl/α,β-unsaturated/α-hetero) is 1.